The van der Waals surface area contributed by atoms with Gasteiger partial charge in [0.25, 0.3) is 5.91 Å². The zero-order valence-electron chi connectivity index (χ0n) is 14.4. The average Bonchev–Trinajstić information content (AvgIpc) is 3.39. The van der Waals surface area contributed by atoms with Gasteiger partial charge in [0.15, 0.2) is 0 Å². The summed E-state index contributed by atoms with van der Waals surface area (Å²) in [5.41, 5.74) is 2.49. The Morgan fingerprint density at radius 3 is 2.86 bits per heavy atom. The minimum atomic E-state index is -4.70. The van der Waals surface area contributed by atoms with Crippen molar-refractivity contribution in [2.75, 3.05) is 13.1 Å². The summed E-state index contributed by atoms with van der Waals surface area (Å²) in [4.78, 5) is 26.6. The molecule has 1 fully saturated rings. The molecule has 3 aromatic rings. The largest absolute Gasteiger partial charge is 0.471 e. The summed E-state index contributed by atoms with van der Waals surface area (Å²) < 4.78 is 42.3. The van der Waals surface area contributed by atoms with Gasteiger partial charge in [0.1, 0.15) is 10.6 Å². The van der Waals surface area contributed by atoms with Crippen LogP contribution in [0.15, 0.2) is 34.4 Å². The van der Waals surface area contributed by atoms with Crippen molar-refractivity contribution in [1.82, 2.24) is 25.0 Å². The summed E-state index contributed by atoms with van der Waals surface area (Å²) in [5, 5.41) is 3.38. The van der Waals surface area contributed by atoms with Crippen LogP contribution in [0, 0.1) is 0 Å². The van der Waals surface area contributed by atoms with Crippen molar-refractivity contribution in [3.63, 3.8) is 0 Å². The normalized spacial score (nSPS) is 17.7. The molecule has 4 rings (SSSR count). The highest BCUT2D eigenvalue weighted by molar-refractivity contribution is 7.11. The number of aromatic nitrogens is 4. The third kappa shape index (κ3) is 3.75. The van der Waals surface area contributed by atoms with Crippen LogP contribution >= 0.6 is 11.3 Å². The molecule has 0 radical (unpaired) electrons. The van der Waals surface area contributed by atoms with Gasteiger partial charge in [-0.05, 0) is 25.0 Å². The second-order valence-electron chi connectivity index (χ2n) is 6.32. The second-order valence-corrected chi connectivity index (χ2v) is 7.21. The Kier molecular flexibility index (Phi) is 4.84. The number of alkyl halides is 3. The number of amides is 1. The van der Waals surface area contributed by atoms with Crippen molar-refractivity contribution in [3.05, 3.63) is 46.4 Å². The second kappa shape index (κ2) is 7.30. The zero-order chi connectivity index (χ0) is 19.7. The minimum Gasteiger partial charge on any atom is -0.337 e. The lowest BCUT2D eigenvalue weighted by Gasteiger charge is -2.32. The molecule has 1 aliphatic heterocycles. The van der Waals surface area contributed by atoms with Crippen LogP contribution in [-0.2, 0) is 6.18 Å². The topological polar surface area (TPSA) is 85.0 Å². The number of carbonyl (C=O) groups excluding carboxylic acids is 1. The lowest BCUT2D eigenvalue weighted by molar-refractivity contribution is -0.159. The van der Waals surface area contributed by atoms with Crippen molar-refractivity contribution in [3.8, 4) is 11.5 Å². The van der Waals surface area contributed by atoms with E-state index in [1.54, 1.807) is 28.7 Å². The highest BCUT2D eigenvalue weighted by Crippen LogP contribution is 2.31. The summed E-state index contributed by atoms with van der Waals surface area (Å²) in [6.07, 6.45) is -1.53. The number of piperidine rings is 1. The highest BCUT2D eigenvalue weighted by Gasteiger charge is 2.38. The molecule has 0 N–H and O–H groups in total. The van der Waals surface area contributed by atoms with E-state index < -0.39 is 12.1 Å². The minimum absolute atomic E-state index is 0.0282. The molecule has 0 spiro atoms. The number of pyridine rings is 1. The number of rotatable bonds is 3. The number of carbonyl (C=O) groups is 1. The third-order valence-corrected chi connectivity index (χ3v) is 5.20. The first-order valence-corrected chi connectivity index (χ1v) is 9.36. The summed E-state index contributed by atoms with van der Waals surface area (Å²) >= 11 is 1.29. The van der Waals surface area contributed by atoms with Gasteiger partial charge in [-0.15, -0.1) is 11.3 Å². The quantitative estimate of drug-likeness (QED) is 0.657. The van der Waals surface area contributed by atoms with Gasteiger partial charge in [0.2, 0.25) is 5.82 Å². The van der Waals surface area contributed by atoms with E-state index in [9.17, 15) is 18.0 Å². The molecule has 146 valence electrons. The van der Waals surface area contributed by atoms with Crippen LogP contribution in [0.5, 0.6) is 0 Å². The van der Waals surface area contributed by atoms with Crippen LogP contribution in [0.4, 0.5) is 13.2 Å². The lowest BCUT2D eigenvalue weighted by Crippen LogP contribution is -2.39. The number of hydrogen-bond acceptors (Lipinski definition) is 7. The summed E-state index contributed by atoms with van der Waals surface area (Å²) in [6, 6.07) is 5.00. The van der Waals surface area contributed by atoms with Gasteiger partial charge in [-0.3, -0.25) is 9.78 Å². The fourth-order valence-corrected chi connectivity index (χ4v) is 3.71. The van der Waals surface area contributed by atoms with Crippen LogP contribution < -0.4 is 0 Å². The molecule has 0 bridgehead atoms. The number of thiazole rings is 1. The molecule has 1 amide bonds. The van der Waals surface area contributed by atoms with Gasteiger partial charge < -0.3 is 9.42 Å². The predicted octanol–water partition coefficient (Wildman–Crippen LogP) is 3.63. The van der Waals surface area contributed by atoms with Crippen molar-refractivity contribution >= 4 is 17.2 Å². The molecule has 11 heteroatoms. The Balaban J connectivity index is 1.54. The lowest BCUT2D eigenvalue weighted by atomic mass is 9.94. The molecule has 0 unspecified atom stereocenters. The van der Waals surface area contributed by atoms with E-state index in [1.165, 1.54) is 17.4 Å². The van der Waals surface area contributed by atoms with Gasteiger partial charge >= 0.3 is 12.1 Å². The average molecular weight is 409 g/mol. The van der Waals surface area contributed by atoms with Gasteiger partial charge in [-0.1, -0.05) is 11.2 Å². The van der Waals surface area contributed by atoms with Crippen molar-refractivity contribution in [1.29, 1.82) is 0 Å². The molecule has 0 aliphatic carbocycles. The van der Waals surface area contributed by atoms with Crippen LogP contribution in [0.3, 0.4) is 0 Å². The van der Waals surface area contributed by atoms with Crippen molar-refractivity contribution in [2.45, 2.75) is 24.9 Å². The zero-order valence-corrected chi connectivity index (χ0v) is 15.2. The molecule has 3 aromatic heterocycles. The van der Waals surface area contributed by atoms with Crippen LogP contribution in [0.25, 0.3) is 11.5 Å². The fraction of sp³-hybridized carbons (Fsp3) is 0.353. The maximum Gasteiger partial charge on any atom is 0.471 e. The van der Waals surface area contributed by atoms with Gasteiger partial charge in [-0.25, -0.2) is 4.98 Å². The number of nitrogens with zero attached hydrogens (tertiary/aromatic N) is 5. The summed E-state index contributed by atoms with van der Waals surface area (Å²) in [5.74, 6) is -1.73. The first-order valence-electron chi connectivity index (χ1n) is 8.48. The number of likely N-dealkylation sites (tertiary alicyclic amines) is 1. The molecule has 1 aliphatic rings. The molecule has 28 heavy (non-hydrogen) atoms. The van der Waals surface area contributed by atoms with Crippen LogP contribution in [0.2, 0.25) is 0 Å². The monoisotopic (exact) mass is 409 g/mol. The Morgan fingerprint density at radius 2 is 2.14 bits per heavy atom. The maximum absolute atomic E-state index is 12.7. The van der Waals surface area contributed by atoms with Gasteiger partial charge in [-0.2, -0.15) is 18.2 Å². The Bertz CT molecular complexity index is 973. The summed E-state index contributed by atoms with van der Waals surface area (Å²) in [6.45, 7) is 1.12. The first kappa shape index (κ1) is 18.5. The molecule has 4 heterocycles. The van der Waals surface area contributed by atoms with E-state index in [2.05, 4.69) is 24.6 Å². The predicted molar refractivity (Wildman–Crippen MR) is 92.5 cm³/mol. The third-order valence-electron chi connectivity index (χ3n) is 4.44. The van der Waals surface area contributed by atoms with E-state index in [0.29, 0.717) is 23.7 Å². The smallest absolute Gasteiger partial charge is 0.337 e. The Hall–Kier alpha value is -2.82. The Morgan fingerprint density at radius 1 is 1.29 bits per heavy atom. The SMILES string of the molecule is O=C(c1cncs1)N1CCC[C@@H](c2cccc(-c3noc(C(F)(F)F)n3)n2)C1. The maximum atomic E-state index is 12.7. The first-order chi connectivity index (χ1) is 13.4. The fourth-order valence-electron chi connectivity index (χ4n) is 3.13. The molecule has 1 saturated heterocycles. The van der Waals surface area contributed by atoms with E-state index in [4.69, 9.17) is 0 Å². The van der Waals surface area contributed by atoms with E-state index in [-0.39, 0.29) is 23.3 Å². The van der Waals surface area contributed by atoms with Crippen LogP contribution in [0.1, 0.15) is 40.0 Å². The van der Waals surface area contributed by atoms with Gasteiger partial charge in [0, 0.05) is 24.7 Å². The number of halogens is 3. The summed E-state index contributed by atoms with van der Waals surface area (Å²) in [7, 11) is 0. The molecule has 7 nitrogen and oxygen atoms in total. The Labute approximate surface area is 161 Å². The van der Waals surface area contributed by atoms with E-state index >= 15 is 0 Å². The van der Waals surface area contributed by atoms with Gasteiger partial charge in [0.05, 0.1) is 11.7 Å². The van der Waals surface area contributed by atoms with E-state index in [0.717, 1.165) is 12.8 Å². The van der Waals surface area contributed by atoms with Crippen molar-refractivity contribution < 1.29 is 22.5 Å². The highest BCUT2D eigenvalue weighted by atomic mass is 32.1. The number of hydrogen-bond donors (Lipinski definition) is 0. The molecule has 0 saturated carbocycles. The molecule has 1 atom stereocenters. The van der Waals surface area contributed by atoms with E-state index in [1.807, 2.05) is 0 Å². The van der Waals surface area contributed by atoms with Crippen LogP contribution in [-0.4, -0.2) is 44.0 Å². The van der Waals surface area contributed by atoms with Crippen molar-refractivity contribution in [2.24, 2.45) is 0 Å². The molecule has 0 aromatic carbocycles. The molecular formula is C17H14F3N5O2S. The standard InChI is InChI=1S/C17H14F3N5O2S/c18-17(19,20)16-23-14(24-27-16)12-5-1-4-11(22-12)10-3-2-6-25(8-10)15(26)13-7-21-9-28-13/h1,4-5,7,9-10H,2-3,6,8H2/t10-/m1/s1. The molecular weight excluding hydrogens is 395 g/mol.